The van der Waals surface area contributed by atoms with Gasteiger partial charge >= 0.3 is 6.03 Å². The van der Waals surface area contributed by atoms with Gasteiger partial charge in [-0.05, 0) is 20.0 Å². The second-order valence-corrected chi connectivity index (χ2v) is 4.68. The average molecular weight is 316 g/mol. The number of benzene rings is 1. The Morgan fingerprint density at radius 1 is 1.43 bits per heavy atom. The maximum Gasteiger partial charge on any atom is 0.318 e. The van der Waals surface area contributed by atoms with Crippen LogP contribution >= 0.6 is 11.6 Å². The highest BCUT2D eigenvalue weighted by Crippen LogP contribution is 2.35. The molecule has 116 valence electrons. The Hall–Kier alpha value is -1.99. The Morgan fingerprint density at radius 3 is 2.62 bits per heavy atom. The molecule has 1 unspecified atom stereocenters. The summed E-state index contributed by atoms with van der Waals surface area (Å²) in [7, 11) is 3.23. The molecule has 1 atom stereocenters. The number of carbonyl (C=O) groups is 2. The molecule has 0 aliphatic rings. The predicted molar refractivity (Wildman–Crippen MR) is 78.6 cm³/mol. The highest BCUT2D eigenvalue weighted by atomic mass is 35.5. The number of hydrogen-bond donors (Lipinski definition) is 3. The Balaban J connectivity index is 3.04. The van der Waals surface area contributed by atoms with E-state index in [0.29, 0.717) is 23.1 Å². The lowest BCUT2D eigenvalue weighted by atomic mass is 10.1. The predicted octanol–water partition coefficient (Wildman–Crippen LogP) is 1.03. The quantitative estimate of drug-likeness (QED) is 0.727. The van der Waals surface area contributed by atoms with Crippen molar-refractivity contribution in [2.24, 2.45) is 5.73 Å². The van der Waals surface area contributed by atoms with E-state index >= 15 is 0 Å². The first-order valence-electron chi connectivity index (χ1n) is 6.17. The summed E-state index contributed by atoms with van der Waals surface area (Å²) in [4.78, 5) is 22.4. The number of methoxy groups -OCH3 is 1. The van der Waals surface area contributed by atoms with Crippen molar-refractivity contribution in [1.82, 2.24) is 10.6 Å². The second kappa shape index (κ2) is 7.70. The molecule has 0 saturated heterocycles. The third kappa shape index (κ3) is 4.80. The number of hydrogen-bond acceptors (Lipinski definition) is 5. The Morgan fingerprint density at radius 2 is 2.10 bits per heavy atom. The molecule has 0 heterocycles. The van der Waals surface area contributed by atoms with Crippen molar-refractivity contribution in [3.8, 4) is 11.5 Å². The lowest BCUT2D eigenvalue weighted by molar-refractivity contribution is -0.126. The van der Waals surface area contributed by atoms with Gasteiger partial charge in [0.2, 0.25) is 0 Å². The third-order valence-electron chi connectivity index (χ3n) is 2.59. The van der Waals surface area contributed by atoms with Crippen molar-refractivity contribution in [3.63, 3.8) is 0 Å². The minimum atomic E-state index is -0.936. The number of amides is 3. The van der Waals surface area contributed by atoms with E-state index < -0.39 is 18.0 Å². The van der Waals surface area contributed by atoms with Crippen LogP contribution in [0.15, 0.2) is 12.1 Å². The molecular weight excluding hydrogens is 298 g/mol. The minimum Gasteiger partial charge on any atom is -0.493 e. The summed E-state index contributed by atoms with van der Waals surface area (Å²) in [6.45, 7) is 1.96. The molecule has 0 fully saturated rings. The molecular formula is C13H18ClN3O4. The van der Waals surface area contributed by atoms with Crippen LogP contribution in [0.1, 0.15) is 12.5 Å². The van der Waals surface area contributed by atoms with Crippen LogP contribution in [0.2, 0.25) is 5.02 Å². The zero-order chi connectivity index (χ0) is 16.0. The molecule has 4 N–H and O–H groups in total. The lowest BCUT2D eigenvalue weighted by Gasteiger charge is -2.19. The SMILES string of the molecule is CNCc1cc(Cl)cc(OC)c1OC(C)C(=O)NC(N)=O. The third-order valence-corrected chi connectivity index (χ3v) is 2.81. The largest absolute Gasteiger partial charge is 0.493 e. The van der Waals surface area contributed by atoms with E-state index in [0.717, 1.165) is 5.56 Å². The van der Waals surface area contributed by atoms with Gasteiger partial charge in [0.1, 0.15) is 0 Å². The Kier molecular flexibility index (Phi) is 6.26. The van der Waals surface area contributed by atoms with E-state index in [9.17, 15) is 9.59 Å². The summed E-state index contributed by atoms with van der Waals surface area (Å²) in [5.74, 6) is 0.129. The van der Waals surface area contributed by atoms with Crippen LogP contribution < -0.4 is 25.8 Å². The van der Waals surface area contributed by atoms with Crippen molar-refractivity contribution in [3.05, 3.63) is 22.7 Å². The molecule has 0 aliphatic heterocycles. The summed E-state index contributed by atoms with van der Waals surface area (Å²) in [6, 6.07) is 2.34. The topological polar surface area (TPSA) is 103 Å². The van der Waals surface area contributed by atoms with Crippen LogP contribution in [-0.2, 0) is 11.3 Å². The maximum atomic E-state index is 11.7. The second-order valence-electron chi connectivity index (χ2n) is 4.24. The van der Waals surface area contributed by atoms with Crippen LogP contribution in [0.5, 0.6) is 11.5 Å². The number of nitrogens with two attached hydrogens (primary N) is 1. The number of carbonyl (C=O) groups excluding carboxylic acids is 2. The van der Waals surface area contributed by atoms with Gasteiger partial charge in [-0.1, -0.05) is 11.6 Å². The molecule has 0 aliphatic carbocycles. The number of primary amides is 1. The molecule has 0 spiro atoms. The number of rotatable bonds is 6. The molecule has 1 aromatic rings. The van der Waals surface area contributed by atoms with Crippen molar-refractivity contribution in [2.45, 2.75) is 19.6 Å². The van der Waals surface area contributed by atoms with Gasteiger partial charge in [0.05, 0.1) is 7.11 Å². The molecule has 0 bridgehead atoms. The van der Waals surface area contributed by atoms with Gasteiger partial charge in [-0.2, -0.15) is 0 Å². The maximum absolute atomic E-state index is 11.7. The fourth-order valence-electron chi connectivity index (χ4n) is 1.68. The molecule has 0 radical (unpaired) electrons. The molecule has 7 nitrogen and oxygen atoms in total. The van der Waals surface area contributed by atoms with E-state index in [1.54, 1.807) is 19.2 Å². The summed E-state index contributed by atoms with van der Waals surface area (Å²) in [5, 5.41) is 5.41. The highest BCUT2D eigenvalue weighted by Gasteiger charge is 2.21. The normalized spacial score (nSPS) is 11.6. The minimum absolute atomic E-state index is 0.378. The van der Waals surface area contributed by atoms with Crippen LogP contribution in [0.3, 0.4) is 0 Å². The number of urea groups is 1. The molecule has 3 amide bonds. The summed E-state index contributed by atoms with van der Waals surface area (Å²) >= 11 is 6.00. The molecule has 1 rings (SSSR count). The van der Waals surface area contributed by atoms with Crippen LogP contribution in [-0.4, -0.2) is 32.2 Å². The first-order valence-corrected chi connectivity index (χ1v) is 6.54. The fraction of sp³-hybridized carbons (Fsp3) is 0.385. The molecule has 21 heavy (non-hydrogen) atoms. The number of halogens is 1. The van der Waals surface area contributed by atoms with Crippen LogP contribution in [0.4, 0.5) is 4.79 Å². The molecule has 1 aromatic carbocycles. The number of ether oxygens (including phenoxy) is 2. The van der Waals surface area contributed by atoms with Gasteiger partial charge in [0.25, 0.3) is 5.91 Å². The summed E-state index contributed by atoms with van der Waals surface area (Å²) in [6.07, 6.45) is -0.928. The zero-order valence-corrected chi connectivity index (χ0v) is 12.8. The van der Waals surface area contributed by atoms with Gasteiger partial charge < -0.3 is 20.5 Å². The van der Waals surface area contributed by atoms with Gasteiger partial charge in [0.15, 0.2) is 17.6 Å². The van der Waals surface area contributed by atoms with Crippen molar-refractivity contribution >= 4 is 23.5 Å². The van der Waals surface area contributed by atoms with Gasteiger partial charge in [0, 0.05) is 23.2 Å². The van der Waals surface area contributed by atoms with Crippen LogP contribution in [0, 0.1) is 0 Å². The highest BCUT2D eigenvalue weighted by molar-refractivity contribution is 6.30. The standard InChI is InChI=1S/C13H18ClN3O4/c1-7(12(18)17-13(15)19)21-11-8(6-16-2)4-9(14)5-10(11)20-3/h4-5,7,16H,6H2,1-3H3,(H3,15,17,18,19). The van der Waals surface area contributed by atoms with Crippen molar-refractivity contribution < 1.29 is 19.1 Å². The Bertz CT molecular complexity index is 536. The van der Waals surface area contributed by atoms with E-state index in [4.69, 9.17) is 26.8 Å². The smallest absolute Gasteiger partial charge is 0.318 e. The zero-order valence-electron chi connectivity index (χ0n) is 12.0. The molecule has 0 saturated carbocycles. The van der Waals surface area contributed by atoms with Gasteiger partial charge in [-0.3, -0.25) is 10.1 Å². The van der Waals surface area contributed by atoms with E-state index in [1.165, 1.54) is 14.0 Å². The van der Waals surface area contributed by atoms with Gasteiger partial charge in [-0.25, -0.2) is 4.79 Å². The summed E-state index contributed by atoms with van der Waals surface area (Å²) in [5.41, 5.74) is 5.62. The lowest BCUT2D eigenvalue weighted by Crippen LogP contribution is -2.42. The van der Waals surface area contributed by atoms with Crippen molar-refractivity contribution in [2.75, 3.05) is 14.2 Å². The first-order chi connectivity index (χ1) is 9.88. The van der Waals surface area contributed by atoms with Gasteiger partial charge in [-0.15, -0.1) is 0 Å². The average Bonchev–Trinajstić information content (AvgIpc) is 2.40. The summed E-state index contributed by atoms with van der Waals surface area (Å²) < 4.78 is 10.8. The van der Waals surface area contributed by atoms with E-state index in [1.807, 2.05) is 5.32 Å². The van der Waals surface area contributed by atoms with E-state index in [2.05, 4.69) is 5.32 Å². The monoisotopic (exact) mass is 315 g/mol. The molecule has 0 aromatic heterocycles. The van der Waals surface area contributed by atoms with Crippen LogP contribution in [0.25, 0.3) is 0 Å². The van der Waals surface area contributed by atoms with Crippen molar-refractivity contribution in [1.29, 1.82) is 0 Å². The Labute approximate surface area is 127 Å². The number of imide groups is 1. The molecule has 8 heteroatoms. The first kappa shape index (κ1) is 17.1. The number of nitrogens with one attached hydrogen (secondary N) is 2. The van der Waals surface area contributed by atoms with E-state index in [-0.39, 0.29) is 0 Å². The fourth-order valence-corrected chi connectivity index (χ4v) is 1.91.